The van der Waals surface area contributed by atoms with Gasteiger partial charge >= 0.3 is 5.97 Å². The third-order valence-electron chi connectivity index (χ3n) is 3.73. The normalized spacial score (nSPS) is 11.7. The molecule has 4 nitrogen and oxygen atoms in total. The van der Waals surface area contributed by atoms with Gasteiger partial charge in [-0.25, -0.2) is 4.79 Å². The first-order valence-corrected chi connectivity index (χ1v) is 7.44. The van der Waals surface area contributed by atoms with Crippen LogP contribution < -0.4 is 0 Å². The molecule has 0 N–H and O–H groups in total. The molecule has 0 radical (unpaired) electrons. The average molecular weight is 311 g/mol. The number of hydrogen-bond acceptors (Lipinski definition) is 3. The molecule has 1 amide bonds. The Bertz CT molecular complexity index is 708. The van der Waals surface area contributed by atoms with Crippen molar-refractivity contribution in [1.29, 1.82) is 0 Å². The second kappa shape index (κ2) is 7.09. The van der Waals surface area contributed by atoms with Crippen LogP contribution in [0.1, 0.15) is 33.2 Å². The minimum Gasteiger partial charge on any atom is -0.444 e. The molecule has 0 aliphatic carbocycles. The fraction of sp³-hybridized carbons (Fsp3) is 0.263. The molecule has 2 aromatic carbocycles. The van der Waals surface area contributed by atoms with Gasteiger partial charge in [0.05, 0.1) is 5.56 Å². The van der Waals surface area contributed by atoms with E-state index in [0.29, 0.717) is 11.1 Å². The number of carbonyl (C=O) groups is 2. The van der Waals surface area contributed by atoms with Crippen LogP contribution in [0.3, 0.4) is 0 Å². The van der Waals surface area contributed by atoms with E-state index < -0.39 is 12.1 Å². The van der Waals surface area contributed by atoms with Crippen molar-refractivity contribution < 1.29 is 14.3 Å². The lowest BCUT2D eigenvalue weighted by molar-refractivity contribution is -0.138. The van der Waals surface area contributed by atoms with Crippen molar-refractivity contribution >= 4 is 11.9 Å². The van der Waals surface area contributed by atoms with Gasteiger partial charge in [-0.1, -0.05) is 36.4 Å². The van der Waals surface area contributed by atoms with Gasteiger partial charge in [0.1, 0.15) is 0 Å². The Morgan fingerprint density at radius 3 is 2.17 bits per heavy atom. The van der Waals surface area contributed by atoms with Crippen LogP contribution >= 0.6 is 0 Å². The van der Waals surface area contributed by atoms with Crippen LogP contribution in [0.2, 0.25) is 0 Å². The summed E-state index contributed by atoms with van der Waals surface area (Å²) < 4.78 is 5.51. The lowest BCUT2D eigenvalue weighted by Gasteiger charge is -2.21. The fourth-order valence-corrected chi connectivity index (χ4v) is 2.17. The highest BCUT2D eigenvalue weighted by molar-refractivity contribution is 5.92. The van der Waals surface area contributed by atoms with Crippen LogP contribution in [0, 0.1) is 13.8 Å². The van der Waals surface area contributed by atoms with Crippen LogP contribution in [0.15, 0.2) is 48.5 Å². The maximum absolute atomic E-state index is 12.4. The van der Waals surface area contributed by atoms with E-state index in [1.165, 1.54) is 4.90 Å². The van der Waals surface area contributed by atoms with Crippen molar-refractivity contribution in [2.24, 2.45) is 0 Å². The summed E-state index contributed by atoms with van der Waals surface area (Å²) in [4.78, 5) is 26.2. The van der Waals surface area contributed by atoms with E-state index in [2.05, 4.69) is 0 Å². The Labute approximate surface area is 136 Å². The maximum Gasteiger partial charge on any atom is 0.339 e. The van der Waals surface area contributed by atoms with Gasteiger partial charge < -0.3 is 9.64 Å². The molecule has 0 aromatic heterocycles. The summed E-state index contributed by atoms with van der Waals surface area (Å²) in [5, 5.41) is 0. The first-order valence-electron chi connectivity index (χ1n) is 7.44. The van der Waals surface area contributed by atoms with E-state index >= 15 is 0 Å². The number of likely N-dealkylation sites (N-methyl/N-ethyl adjacent to an activating group) is 1. The van der Waals surface area contributed by atoms with E-state index in [1.807, 2.05) is 38.1 Å². The lowest BCUT2D eigenvalue weighted by atomic mass is 10.1. The van der Waals surface area contributed by atoms with Crippen molar-refractivity contribution in [2.45, 2.75) is 20.0 Å². The fourth-order valence-electron chi connectivity index (χ4n) is 2.17. The zero-order chi connectivity index (χ0) is 17.0. The highest BCUT2D eigenvalue weighted by atomic mass is 16.5. The topological polar surface area (TPSA) is 46.6 Å². The zero-order valence-corrected chi connectivity index (χ0v) is 13.9. The Hall–Kier alpha value is -2.62. The third-order valence-corrected chi connectivity index (χ3v) is 3.73. The van der Waals surface area contributed by atoms with E-state index in [9.17, 15) is 9.59 Å². The van der Waals surface area contributed by atoms with E-state index in [1.54, 1.807) is 38.4 Å². The molecule has 0 heterocycles. The first kappa shape index (κ1) is 16.7. The Morgan fingerprint density at radius 2 is 1.61 bits per heavy atom. The molecule has 0 aliphatic heterocycles. The number of esters is 1. The Kier molecular flexibility index (Phi) is 5.16. The van der Waals surface area contributed by atoms with Gasteiger partial charge in [0.2, 0.25) is 6.10 Å². The standard InChI is InChI=1S/C19H21NO3/c1-13-10-11-16(12-14(13)2)19(22)23-17(18(21)20(3)4)15-8-6-5-7-9-15/h5-12,17H,1-4H3/t17-/m0/s1. The van der Waals surface area contributed by atoms with Gasteiger partial charge in [-0.05, 0) is 37.1 Å². The van der Waals surface area contributed by atoms with Crippen LogP contribution in [-0.4, -0.2) is 30.9 Å². The molecule has 0 spiro atoms. The minimum absolute atomic E-state index is 0.270. The van der Waals surface area contributed by atoms with Crippen LogP contribution in [0.4, 0.5) is 0 Å². The van der Waals surface area contributed by atoms with Crippen molar-refractivity contribution in [3.63, 3.8) is 0 Å². The molecule has 23 heavy (non-hydrogen) atoms. The molecule has 0 aliphatic rings. The number of rotatable bonds is 4. The van der Waals surface area contributed by atoms with Gasteiger partial charge in [-0.2, -0.15) is 0 Å². The minimum atomic E-state index is -0.944. The number of aryl methyl sites for hydroxylation is 2. The van der Waals surface area contributed by atoms with Gasteiger partial charge in [-0.15, -0.1) is 0 Å². The summed E-state index contributed by atoms with van der Waals surface area (Å²) in [5.41, 5.74) is 3.21. The quantitative estimate of drug-likeness (QED) is 0.814. The van der Waals surface area contributed by atoms with Crippen molar-refractivity contribution in [2.75, 3.05) is 14.1 Å². The monoisotopic (exact) mass is 311 g/mol. The molecule has 0 fully saturated rings. The number of amides is 1. The van der Waals surface area contributed by atoms with Crippen LogP contribution in [0.5, 0.6) is 0 Å². The predicted octanol–water partition coefficient (Wildman–Crippen LogP) is 3.29. The highest BCUT2D eigenvalue weighted by Gasteiger charge is 2.27. The molecule has 4 heteroatoms. The van der Waals surface area contributed by atoms with Gasteiger partial charge in [-0.3, -0.25) is 4.79 Å². The second-order valence-electron chi connectivity index (χ2n) is 5.73. The summed E-state index contributed by atoms with van der Waals surface area (Å²) in [6, 6.07) is 14.4. The SMILES string of the molecule is Cc1ccc(C(=O)O[C@H](C(=O)N(C)C)c2ccccc2)cc1C. The van der Waals surface area contributed by atoms with E-state index in [4.69, 9.17) is 4.74 Å². The van der Waals surface area contributed by atoms with E-state index in [-0.39, 0.29) is 5.91 Å². The number of ether oxygens (including phenoxy) is 1. The molecule has 120 valence electrons. The van der Waals surface area contributed by atoms with Crippen LogP contribution in [-0.2, 0) is 9.53 Å². The maximum atomic E-state index is 12.4. The summed E-state index contributed by atoms with van der Waals surface area (Å²) in [5.74, 6) is -0.773. The highest BCUT2D eigenvalue weighted by Crippen LogP contribution is 2.22. The first-order chi connectivity index (χ1) is 10.9. The Balaban J connectivity index is 2.28. The molecule has 0 saturated heterocycles. The number of nitrogens with zero attached hydrogens (tertiary/aromatic N) is 1. The molecule has 2 aromatic rings. The number of carbonyl (C=O) groups excluding carboxylic acids is 2. The molecule has 2 rings (SSSR count). The van der Waals surface area contributed by atoms with Gasteiger partial charge in [0.15, 0.2) is 0 Å². The van der Waals surface area contributed by atoms with E-state index in [0.717, 1.165) is 11.1 Å². The van der Waals surface area contributed by atoms with Crippen LogP contribution in [0.25, 0.3) is 0 Å². The summed E-state index contributed by atoms with van der Waals surface area (Å²) in [6.07, 6.45) is -0.944. The molecule has 0 unspecified atom stereocenters. The number of hydrogen-bond donors (Lipinski definition) is 0. The molecule has 1 atom stereocenters. The van der Waals surface area contributed by atoms with Gasteiger partial charge in [0, 0.05) is 19.7 Å². The second-order valence-corrected chi connectivity index (χ2v) is 5.73. The van der Waals surface area contributed by atoms with Crippen molar-refractivity contribution in [3.05, 3.63) is 70.8 Å². The molecular weight excluding hydrogens is 290 g/mol. The zero-order valence-electron chi connectivity index (χ0n) is 13.9. The smallest absolute Gasteiger partial charge is 0.339 e. The summed E-state index contributed by atoms with van der Waals surface area (Å²) >= 11 is 0. The largest absolute Gasteiger partial charge is 0.444 e. The van der Waals surface area contributed by atoms with Crippen molar-refractivity contribution in [3.8, 4) is 0 Å². The molecular formula is C19H21NO3. The summed E-state index contributed by atoms with van der Waals surface area (Å²) in [6.45, 7) is 3.92. The lowest BCUT2D eigenvalue weighted by Crippen LogP contribution is -2.31. The molecule has 0 saturated carbocycles. The van der Waals surface area contributed by atoms with Gasteiger partial charge in [0.25, 0.3) is 5.91 Å². The molecule has 0 bridgehead atoms. The predicted molar refractivity (Wildman–Crippen MR) is 89.2 cm³/mol. The average Bonchev–Trinajstić information content (AvgIpc) is 2.55. The Morgan fingerprint density at radius 1 is 0.957 bits per heavy atom. The third kappa shape index (κ3) is 3.97. The van der Waals surface area contributed by atoms with Crippen molar-refractivity contribution in [1.82, 2.24) is 4.90 Å². The summed E-state index contributed by atoms with van der Waals surface area (Å²) in [7, 11) is 3.28. The number of benzene rings is 2.